The number of aliphatic hydroxyl groups is 4. The maximum absolute atomic E-state index is 12.4. The van der Waals surface area contributed by atoms with Crippen LogP contribution in [0.5, 0.6) is 0 Å². The highest BCUT2D eigenvalue weighted by molar-refractivity contribution is 7.45. The summed E-state index contributed by atoms with van der Waals surface area (Å²) < 4.78 is 27.2. The molecule has 0 aromatic rings. The summed E-state index contributed by atoms with van der Waals surface area (Å²) in [7, 11) is -4.89. The maximum atomic E-state index is 12.4. The number of hydrogen-bond acceptors (Lipinski definition) is 9. The average Bonchev–Trinajstić information content (AvgIpc) is 0.815. The molecule has 4 N–H and O–H groups in total. The van der Waals surface area contributed by atoms with Crippen LogP contribution in [0.1, 0.15) is 317 Å². The van der Waals surface area contributed by atoms with E-state index in [9.17, 15) is 29.9 Å². The minimum atomic E-state index is -4.89. The van der Waals surface area contributed by atoms with Gasteiger partial charge in [0.05, 0.1) is 13.2 Å². The molecule has 10 heteroatoms. The van der Waals surface area contributed by atoms with Gasteiger partial charge < -0.3 is 34.6 Å². The van der Waals surface area contributed by atoms with E-state index in [-0.39, 0.29) is 12.5 Å². The van der Waals surface area contributed by atoms with E-state index in [4.69, 9.17) is 13.8 Å². The molecule has 0 saturated carbocycles. The molecule has 96 heavy (non-hydrogen) atoms. The van der Waals surface area contributed by atoms with Crippen LogP contribution >= 0.6 is 7.82 Å². The van der Waals surface area contributed by atoms with Crippen molar-refractivity contribution in [1.29, 1.82) is 0 Å². The van der Waals surface area contributed by atoms with Crippen LogP contribution in [-0.2, 0) is 18.3 Å². The van der Waals surface area contributed by atoms with Gasteiger partial charge >= 0.3 is 0 Å². The van der Waals surface area contributed by atoms with Crippen LogP contribution in [0.4, 0.5) is 0 Å². The van der Waals surface area contributed by atoms with E-state index in [1.165, 1.54) is 103 Å². The van der Waals surface area contributed by atoms with Crippen LogP contribution in [0.25, 0.3) is 0 Å². The summed E-state index contributed by atoms with van der Waals surface area (Å²) in [6, 6.07) is 0. The molecule has 1 saturated heterocycles. The summed E-state index contributed by atoms with van der Waals surface area (Å²) in [5, 5.41) is 39.2. The molecule has 0 aromatic heterocycles. The SMILES string of the molecule is CC(C)=CCC/C(C)=C/CC/C(C)=C/CC/C(C)=C\CC/C(C)=C\CC/C(C)=C\CC/C(C)=C\CC/C(C)=C\CC/C(C)=C\CC/C(C)=C\CC/C(C)=C\CC/C(C)=C\CC/C(C)=C\CC/C(C)=C\CC/C(C)=C\CCC(C)CCOP(=O)([O-])O[C@@H]1O[C@H](CO)[C@@H](O)[C@H](O)[C@H]1O. The molecule has 9 nitrogen and oxygen atoms in total. The largest absolute Gasteiger partial charge is 0.756 e. The molecule has 2 unspecified atom stereocenters. The van der Waals surface area contributed by atoms with E-state index in [1.54, 1.807) is 0 Å². The number of phosphoric acid groups is 1. The van der Waals surface area contributed by atoms with Gasteiger partial charge in [0, 0.05) is 0 Å². The van der Waals surface area contributed by atoms with Gasteiger partial charge in [-0.1, -0.05) is 182 Å². The van der Waals surface area contributed by atoms with Crippen molar-refractivity contribution in [3.8, 4) is 0 Å². The smallest absolute Gasteiger partial charge is 0.270 e. The lowest BCUT2D eigenvalue weighted by Crippen LogP contribution is -2.59. The third-order valence-corrected chi connectivity index (χ3v) is 19.6. The van der Waals surface area contributed by atoms with Crippen LogP contribution in [0, 0.1) is 5.92 Å². The first-order chi connectivity index (χ1) is 45.6. The van der Waals surface area contributed by atoms with Gasteiger partial charge in [0.2, 0.25) is 0 Å². The Morgan fingerprint density at radius 3 is 0.792 bits per heavy atom. The third-order valence-electron chi connectivity index (χ3n) is 18.6. The fraction of sp³-hybridized carbons (Fsp3) is 0.651. The van der Waals surface area contributed by atoms with Crippen molar-refractivity contribution in [2.24, 2.45) is 5.92 Å². The summed E-state index contributed by atoms with van der Waals surface area (Å²) in [6.45, 7) is 37.5. The Bertz CT molecular complexity index is 2720. The number of rotatable bonds is 52. The van der Waals surface area contributed by atoms with E-state index >= 15 is 0 Å². The lowest BCUT2D eigenvalue weighted by molar-refractivity contribution is -0.304. The summed E-state index contributed by atoms with van der Waals surface area (Å²) in [6.07, 6.45) is 61.9. The topological polar surface area (TPSA) is 149 Å². The average molecular weight is 1350 g/mol. The van der Waals surface area contributed by atoms with Crippen molar-refractivity contribution in [2.45, 2.75) is 347 Å². The van der Waals surface area contributed by atoms with Crippen molar-refractivity contribution < 1.29 is 43.7 Å². The van der Waals surface area contributed by atoms with Gasteiger partial charge in [-0.25, -0.2) is 0 Å². The number of aliphatic hydroxyl groups excluding tert-OH is 4. The fourth-order valence-corrected chi connectivity index (χ4v) is 12.4. The normalized spacial score (nSPS) is 20.4. The molecule has 0 amide bonds. The zero-order valence-electron chi connectivity index (χ0n) is 64.2. The van der Waals surface area contributed by atoms with Gasteiger partial charge in [-0.15, -0.1) is 0 Å². The van der Waals surface area contributed by atoms with E-state index in [2.05, 4.69) is 202 Å². The van der Waals surface area contributed by atoms with Crippen LogP contribution < -0.4 is 4.89 Å². The molecule has 0 spiro atoms. The zero-order valence-corrected chi connectivity index (χ0v) is 65.1. The molecule has 1 aliphatic rings. The highest BCUT2D eigenvalue weighted by atomic mass is 31.2. The Morgan fingerprint density at radius 2 is 0.573 bits per heavy atom. The standard InChI is InChI=1S/C86H143O9P/c1-66(2)33-18-34-67(3)35-19-36-68(4)37-20-38-69(5)39-21-40-70(6)41-22-42-71(7)43-23-44-72(8)45-24-46-73(9)47-25-48-74(10)49-26-50-75(11)51-27-52-76(12)53-28-54-77(13)55-29-56-78(14)57-30-58-79(15)59-31-60-80(16)61-32-62-81(17)63-64-93-96(91,92)95-86-85(90)84(89)83(88)82(65-87)94-86/h33,35,37,39,41,43,45,47,49,51,53,55,57,59,61,81-90H,18-32,34,36,38,40,42,44,46,48,50,52,54,56,58,60,62-65H2,1-17H3,(H,91,92)/p-1/b67-35+,68-37+,69-39-,70-41-,71-43-,72-45-,73-47-,74-49-,75-51-,76-53-,77-55-,78-57-,79-59-,80-61-/t81?,82-,83-,84+,85-,86+/m1/s1. The molecule has 1 aliphatic heterocycles. The first-order valence-electron chi connectivity index (χ1n) is 37.4. The van der Waals surface area contributed by atoms with Crippen LogP contribution in [-0.4, -0.2) is 64.3 Å². The third kappa shape index (κ3) is 49.5. The Morgan fingerprint density at radius 1 is 0.354 bits per heavy atom. The van der Waals surface area contributed by atoms with Crippen molar-refractivity contribution in [3.63, 3.8) is 0 Å². The minimum Gasteiger partial charge on any atom is -0.756 e. The predicted molar refractivity (Wildman–Crippen MR) is 413 cm³/mol. The summed E-state index contributed by atoms with van der Waals surface area (Å²) in [5.74, 6) is 0.198. The summed E-state index contributed by atoms with van der Waals surface area (Å²) >= 11 is 0. The first kappa shape index (κ1) is 90.0. The van der Waals surface area contributed by atoms with E-state index in [1.807, 2.05) is 6.92 Å². The molecular formula is C86H142O9P-. The first-order valence-corrected chi connectivity index (χ1v) is 38.8. The van der Waals surface area contributed by atoms with Crippen molar-refractivity contribution in [1.82, 2.24) is 0 Å². The van der Waals surface area contributed by atoms with Gasteiger partial charge in [0.15, 0.2) is 6.29 Å². The molecule has 546 valence electrons. The minimum absolute atomic E-state index is 0.109. The molecule has 0 radical (unpaired) electrons. The lowest BCUT2D eigenvalue weighted by atomic mass is 10.00. The van der Waals surface area contributed by atoms with Crippen molar-refractivity contribution in [3.05, 3.63) is 175 Å². The van der Waals surface area contributed by atoms with Gasteiger partial charge in [-0.2, -0.15) is 0 Å². The van der Waals surface area contributed by atoms with Gasteiger partial charge in [-0.3, -0.25) is 9.09 Å². The quantitative estimate of drug-likeness (QED) is 0.0345. The Balaban J connectivity index is 2.23. The van der Waals surface area contributed by atoms with E-state index in [0.29, 0.717) is 6.42 Å². The van der Waals surface area contributed by atoms with Crippen LogP contribution in [0.2, 0.25) is 0 Å². The molecule has 1 heterocycles. The maximum Gasteiger partial charge on any atom is 0.270 e. The van der Waals surface area contributed by atoms with Crippen molar-refractivity contribution in [2.75, 3.05) is 13.2 Å². The molecule has 1 fully saturated rings. The van der Waals surface area contributed by atoms with E-state index < -0.39 is 45.1 Å². The number of allylic oxidation sites excluding steroid dienone is 30. The second-order valence-electron chi connectivity index (χ2n) is 29.1. The van der Waals surface area contributed by atoms with Crippen LogP contribution in [0.3, 0.4) is 0 Å². The molecule has 1 rings (SSSR count). The Kier molecular flexibility index (Phi) is 51.4. The summed E-state index contributed by atoms with van der Waals surface area (Å²) in [4.78, 5) is 12.4. The fourth-order valence-electron chi connectivity index (χ4n) is 11.6. The second kappa shape index (κ2) is 54.8. The number of hydrogen-bond donors (Lipinski definition) is 4. The second-order valence-corrected chi connectivity index (χ2v) is 30.4. The molecule has 0 aliphatic carbocycles. The lowest BCUT2D eigenvalue weighted by Gasteiger charge is -2.41. The number of phosphoric ester groups is 1. The highest BCUT2D eigenvalue weighted by Crippen LogP contribution is 2.43. The number of ether oxygens (including phenoxy) is 1. The van der Waals surface area contributed by atoms with E-state index in [0.717, 1.165) is 173 Å². The van der Waals surface area contributed by atoms with Gasteiger partial charge in [-0.05, 0) is 316 Å². The highest BCUT2D eigenvalue weighted by Gasteiger charge is 2.45. The molecule has 0 aromatic carbocycles. The van der Waals surface area contributed by atoms with Gasteiger partial charge in [0.25, 0.3) is 7.82 Å². The van der Waals surface area contributed by atoms with Crippen molar-refractivity contribution >= 4 is 7.82 Å². The predicted octanol–water partition coefficient (Wildman–Crippen LogP) is 24.2. The monoisotopic (exact) mass is 1350 g/mol. The van der Waals surface area contributed by atoms with Crippen LogP contribution in [0.15, 0.2) is 175 Å². The van der Waals surface area contributed by atoms with Gasteiger partial charge in [0.1, 0.15) is 24.4 Å². The zero-order chi connectivity index (χ0) is 71.7. The Labute approximate surface area is 589 Å². The Hall–Kier alpha value is -3.99. The summed E-state index contributed by atoms with van der Waals surface area (Å²) in [5.41, 5.74) is 22.3. The molecular weight excluding hydrogens is 1210 g/mol. The molecule has 7 atom stereocenters. The molecule has 0 bridgehead atoms.